The molecule has 0 aliphatic rings. The molecule has 0 saturated carbocycles. The van der Waals surface area contributed by atoms with Gasteiger partial charge < -0.3 is 5.32 Å². The second-order valence-corrected chi connectivity index (χ2v) is 4.44. The van der Waals surface area contributed by atoms with Crippen LogP contribution in [0, 0.1) is 11.3 Å². The number of carbonyl (C=O) groups is 1. The zero-order valence-corrected chi connectivity index (χ0v) is 8.99. The van der Waals surface area contributed by atoms with Crippen LogP contribution in [0.2, 0.25) is 4.34 Å². The molecule has 0 atom stereocenters. The number of hydrogen-bond acceptors (Lipinski definition) is 3. The van der Waals surface area contributed by atoms with Gasteiger partial charge in [0.15, 0.2) is 0 Å². The summed E-state index contributed by atoms with van der Waals surface area (Å²) in [5.41, 5.74) is 0. The second kappa shape index (κ2) is 5.63. The van der Waals surface area contributed by atoms with Crippen molar-refractivity contribution in [2.45, 2.75) is 19.4 Å². The Morgan fingerprint density at radius 2 is 2.43 bits per heavy atom. The van der Waals surface area contributed by atoms with Gasteiger partial charge in [-0.3, -0.25) is 4.79 Å². The van der Waals surface area contributed by atoms with Crippen LogP contribution in [-0.4, -0.2) is 5.91 Å². The van der Waals surface area contributed by atoms with Crippen LogP contribution in [0.25, 0.3) is 0 Å². The Hall–Kier alpha value is -1.05. The first-order valence-electron chi connectivity index (χ1n) is 4.10. The van der Waals surface area contributed by atoms with Crippen molar-refractivity contribution in [2.75, 3.05) is 0 Å². The first kappa shape index (κ1) is 11.0. The molecular formula is C9H9ClN2OS. The maximum Gasteiger partial charge on any atom is 0.221 e. The van der Waals surface area contributed by atoms with Crippen molar-refractivity contribution in [1.82, 2.24) is 5.32 Å². The summed E-state index contributed by atoms with van der Waals surface area (Å²) in [4.78, 5) is 12.1. The minimum Gasteiger partial charge on any atom is -0.351 e. The quantitative estimate of drug-likeness (QED) is 0.860. The van der Waals surface area contributed by atoms with Gasteiger partial charge in [0.2, 0.25) is 5.91 Å². The summed E-state index contributed by atoms with van der Waals surface area (Å²) in [6.07, 6.45) is 0.520. The Balaban J connectivity index is 2.27. The van der Waals surface area contributed by atoms with Crippen molar-refractivity contribution in [2.24, 2.45) is 0 Å². The molecule has 1 aromatic rings. The van der Waals surface area contributed by atoms with Gasteiger partial charge in [-0.15, -0.1) is 11.3 Å². The lowest BCUT2D eigenvalue weighted by Gasteiger charge is -2.00. The fourth-order valence-electron chi connectivity index (χ4n) is 0.890. The minimum absolute atomic E-state index is 0.101. The van der Waals surface area contributed by atoms with Gasteiger partial charge in [0.25, 0.3) is 0 Å². The molecule has 1 N–H and O–H groups in total. The summed E-state index contributed by atoms with van der Waals surface area (Å²) in [5, 5.41) is 11.0. The van der Waals surface area contributed by atoms with E-state index in [-0.39, 0.29) is 18.7 Å². The highest BCUT2D eigenvalue weighted by Gasteiger charge is 2.02. The number of carbonyl (C=O) groups excluding carboxylic acids is 1. The number of hydrogen-bond donors (Lipinski definition) is 1. The number of nitrogens with zero attached hydrogens (tertiary/aromatic N) is 1. The predicted octanol–water partition coefficient (Wildman–Crippen LogP) is 2.32. The molecule has 74 valence electrons. The highest BCUT2D eigenvalue weighted by atomic mass is 35.5. The smallest absolute Gasteiger partial charge is 0.221 e. The van der Waals surface area contributed by atoms with Gasteiger partial charge in [0.1, 0.15) is 0 Å². The SMILES string of the molecule is N#CCCC(=O)NCc1ccc(Cl)s1. The average Bonchev–Trinajstić information content (AvgIpc) is 2.58. The zero-order chi connectivity index (χ0) is 10.4. The molecule has 14 heavy (non-hydrogen) atoms. The lowest BCUT2D eigenvalue weighted by atomic mass is 10.3. The highest BCUT2D eigenvalue weighted by Crippen LogP contribution is 2.20. The van der Waals surface area contributed by atoms with Gasteiger partial charge in [0, 0.05) is 17.7 Å². The molecule has 1 rings (SSSR count). The van der Waals surface area contributed by atoms with Crippen LogP contribution in [0.5, 0.6) is 0 Å². The Morgan fingerprint density at radius 3 is 3.00 bits per heavy atom. The van der Waals surface area contributed by atoms with E-state index in [0.29, 0.717) is 10.9 Å². The molecule has 1 aromatic heterocycles. The molecule has 0 bridgehead atoms. The number of rotatable bonds is 4. The first-order chi connectivity index (χ1) is 6.72. The van der Waals surface area contributed by atoms with Crippen molar-refractivity contribution in [1.29, 1.82) is 5.26 Å². The Labute approximate surface area is 91.3 Å². The Kier molecular flexibility index (Phi) is 4.44. The number of thiophene rings is 1. The van der Waals surface area contributed by atoms with Gasteiger partial charge in [-0.25, -0.2) is 0 Å². The first-order valence-corrected chi connectivity index (χ1v) is 5.29. The molecule has 1 amide bonds. The summed E-state index contributed by atoms with van der Waals surface area (Å²) in [5.74, 6) is -0.101. The number of nitrogens with one attached hydrogen (secondary N) is 1. The molecule has 0 unspecified atom stereocenters. The normalized spacial score (nSPS) is 9.43. The predicted molar refractivity (Wildman–Crippen MR) is 56.0 cm³/mol. The van der Waals surface area contributed by atoms with E-state index in [9.17, 15) is 4.79 Å². The Morgan fingerprint density at radius 1 is 1.64 bits per heavy atom. The van der Waals surface area contributed by atoms with Crippen molar-refractivity contribution in [3.8, 4) is 6.07 Å². The maximum absolute atomic E-state index is 11.1. The van der Waals surface area contributed by atoms with E-state index in [1.165, 1.54) is 11.3 Å². The van der Waals surface area contributed by atoms with Gasteiger partial charge in [0.05, 0.1) is 17.0 Å². The third-order valence-electron chi connectivity index (χ3n) is 1.55. The van der Waals surface area contributed by atoms with Gasteiger partial charge in [-0.2, -0.15) is 5.26 Å². The molecule has 0 radical (unpaired) electrons. The standard InChI is InChI=1S/C9H9ClN2OS/c10-8-4-3-7(14-8)6-12-9(13)2-1-5-11/h3-4H,1-2,6H2,(H,12,13). The van der Waals surface area contributed by atoms with E-state index in [4.69, 9.17) is 16.9 Å². The molecule has 5 heteroatoms. The van der Waals surface area contributed by atoms with Crippen LogP contribution < -0.4 is 5.32 Å². The van der Waals surface area contributed by atoms with Crippen molar-refractivity contribution < 1.29 is 4.79 Å². The fourth-order valence-corrected chi connectivity index (χ4v) is 1.92. The van der Waals surface area contributed by atoms with Crippen LogP contribution in [0.3, 0.4) is 0 Å². The maximum atomic E-state index is 11.1. The summed E-state index contributed by atoms with van der Waals surface area (Å²) in [6.45, 7) is 0.488. The number of nitriles is 1. The van der Waals surface area contributed by atoms with Gasteiger partial charge in [-0.05, 0) is 12.1 Å². The lowest BCUT2D eigenvalue weighted by Crippen LogP contribution is -2.21. The summed E-state index contributed by atoms with van der Waals surface area (Å²) >= 11 is 7.16. The highest BCUT2D eigenvalue weighted by molar-refractivity contribution is 7.16. The molecule has 0 aliphatic heterocycles. The van der Waals surface area contributed by atoms with E-state index in [1.54, 1.807) is 6.07 Å². The van der Waals surface area contributed by atoms with E-state index >= 15 is 0 Å². The van der Waals surface area contributed by atoms with Crippen LogP contribution in [-0.2, 0) is 11.3 Å². The lowest BCUT2D eigenvalue weighted by molar-refractivity contribution is -0.121. The summed E-state index contributed by atoms with van der Waals surface area (Å²) in [6, 6.07) is 5.59. The van der Waals surface area contributed by atoms with E-state index < -0.39 is 0 Å². The van der Waals surface area contributed by atoms with Crippen molar-refractivity contribution in [3.05, 3.63) is 21.3 Å². The van der Waals surface area contributed by atoms with E-state index in [2.05, 4.69) is 5.32 Å². The van der Waals surface area contributed by atoms with Crippen LogP contribution >= 0.6 is 22.9 Å². The molecule has 0 saturated heterocycles. The van der Waals surface area contributed by atoms with Gasteiger partial charge >= 0.3 is 0 Å². The largest absolute Gasteiger partial charge is 0.351 e. The number of halogens is 1. The van der Waals surface area contributed by atoms with Crippen molar-refractivity contribution >= 4 is 28.8 Å². The summed E-state index contributed by atoms with van der Waals surface area (Å²) in [7, 11) is 0. The average molecular weight is 229 g/mol. The molecular weight excluding hydrogens is 220 g/mol. The minimum atomic E-state index is -0.101. The molecule has 0 aliphatic carbocycles. The molecule has 1 heterocycles. The Bertz CT molecular complexity index is 356. The van der Waals surface area contributed by atoms with Gasteiger partial charge in [-0.1, -0.05) is 11.6 Å². The summed E-state index contributed by atoms with van der Waals surface area (Å²) < 4.78 is 0.714. The zero-order valence-electron chi connectivity index (χ0n) is 7.42. The topological polar surface area (TPSA) is 52.9 Å². The van der Waals surface area contributed by atoms with Crippen LogP contribution in [0.15, 0.2) is 12.1 Å². The number of amides is 1. The molecule has 3 nitrogen and oxygen atoms in total. The fraction of sp³-hybridized carbons (Fsp3) is 0.333. The monoisotopic (exact) mass is 228 g/mol. The third kappa shape index (κ3) is 3.77. The molecule has 0 spiro atoms. The van der Waals surface area contributed by atoms with E-state index in [0.717, 1.165) is 4.88 Å². The van der Waals surface area contributed by atoms with Crippen LogP contribution in [0.1, 0.15) is 17.7 Å². The molecule has 0 fully saturated rings. The molecule has 0 aromatic carbocycles. The second-order valence-electron chi connectivity index (χ2n) is 2.64. The van der Waals surface area contributed by atoms with Crippen LogP contribution in [0.4, 0.5) is 0 Å². The van der Waals surface area contributed by atoms with Crippen molar-refractivity contribution in [3.63, 3.8) is 0 Å². The third-order valence-corrected chi connectivity index (χ3v) is 2.78. The van der Waals surface area contributed by atoms with E-state index in [1.807, 2.05) is 12.1 Å².